The molecule has 0 aliphatic carbocycles. The van der Waals surface area contributed by atoms with E-state index in [1.807, 2.05) is 41.8 Å². The Kier molecular flexibility index (Phi) is 2.87. The number of aromatic nitrogens is 3. The van der Waals surface area contributed by atoms with E-state index in [-0.39, 0.29) is 5.56 Å². The molecule has 0 unspecified atom stereocenters. The summed E-state index contributed by atoms with van der Waals surface area (Å²) in [4.78, 5) is 20.3. The quantitative estimate of drug-likeness (QED) is 0.615. The SMILES string of the molecule is Cc1ccc(-c2nc3cc(C(=O)O)ccc3n3ccnc23)cc1. The van der Waals surface area contributed by atoms with Crippen LogP contribution in [0.1, 0.15) is 15.9 Å². The van der Waals surface area contributed by atoms with Crippen LogP contribution in [0.25, 0.3) is 27.9 Å². The number of benzene rings is 2. The van der Waals surface area contributed by atoms with Gasteiger partial charge in [-0.15, -0.1) is 0 Å². The van der Waals surface area contributed by atoms with E-state index in [1.165, 1.54) is 5.56 Å². The molecule has 0 bridgehead atoms. The second-order valence-electron chi connectivity index (χ2n) is 5.46. The first kappa shape index (κ1) is 13.5. The average Bonchev–Trinajstić information content (AvgIpc) is 3.04. The zero-order valence-corrected chi connectivity index (χ0v) is 12.4. The van der Waals surface area contributed by atoms with Crippen molar-refractivity contribution in [3.63, 3.8) is 0 Å². The van der Waals surface area contributed by atoms with Crippen LogP contribution in [0.2, 0.25) is 0 Å². The van der Waals surface area contributed by atoms with Crippen molar-refractivity contribution >= 4 is 22.6 Å². The zero-order chi connectivity index (χ0) is 16.0. The number of carboxylic acid groups (broad SMARTS) is 1. The Bertz CT molecular complexity index is 1050. The van der Waals surface area contributed by atoms with E-state index in [4.69, 9.17) is 0 Å². The van der Waals surface area contributed by atoms with Gasteiger partial charge in [0.05, 0.1) is 16.6 Å². The van der Waals surface area contributed by atoms with Gasteiger partial charge in [-0.2, -0.15) is 0 Å². The van der Waals surface area contributed by atoms with E-state index < -0.39 is 5.97 Å². The Hall–Kier alpha value is -3.21. The van der Waals surface area contributed by atoms with Gasteiger partial charge in [-0.25, -0.2) is 14.8 Å². The lowest BCUT2D eigenvalue weighted by molar-refractivity contribution is 0.0697. The molecule has 2 aromatic carbocycles. The minimum Gasteiger partial charge on any atom is -0.478 e. The third-order valence-corrected chi connectivity index (χ3v) is 3.89. The van der Waals surface area contributed by atoms with E-state index in [2.05, 4.69) is 9.97 Å². The van der Waals surface area contributed by atoms with Crippen LogP contribution in [0.3, 0.4) is 0 Å². The number of nitrogens with zero attached hydrogens (tertiary/aromatic N) is 3. The second-order valence-corrected chi connectivity index (χ2v) is 5.46. The highest BCUT2D eigenvalue weighted by Crippen LogP contribution is 2.26. The molecule has 23 heavy (non-hydrogen) atoms. The van der Waals surface area contributed by atoms with E-state index in [0.717, 1.165) is 22.4 Å². The maximum atomic E-state index is 11.2. The molecule has 0 spiro atoms. The average molecular weight is 303 g/mol. The molecule has 5 heteroatoms. The van der Waals surface area contributed by atoms with Gasteiger partial charge >= 0.3 is 5.97 Å². The predicted molar refractivity (Wildman–Crippen MR) is 87.6 cm³/mol. The summed E-state index contributed by atoms with van der Waals surface area (Å²) in [5, 5.41) is 9.19. The van der Waals surface area contributed by atoms with E-state index in [0.29, 0.717) is 5.52 Å². The number of carboxylic acids is 1. The van der Waals surface area contributed by atoms with Crippen molar-refractivity contribution in [3.05, 3.63) is 66.0 Å². The van der Waals surface area contributed by atoms with Crippen molar-refractivity contribution in [2.24, 2.45) is 0 Å². The largest absolute Gasteiger partial charge is 0.478 e. The minimum absolute atomic E-state index is 0.222. The first-order valence-electron chi connectivity index (χ1n) is 7.20. The van der Waals surface area contributed by atoms with Crippen molar-refractivity contribution in [2.45, 2.75) is 6.92 Å². The predicted octanol–water partition coefficient (Wildman–Crippen LogP) is 3.56. The lowest BCUT2D eigenvalue weighted by Crippen LogP contribution is -2.00. The monoisotopic (exact) mass is 303 g/mol. The number of hydrogen-bond donors (Lipinski definition) is 1. The first-order valence-corrected chi connectivity index (χ1v) is 7.20. The van der Waals surface area contributed by atoms with E-state index in [9.17, 15) is 9.90 Å². The molecule has 0 aliphatic rings. The molecule has 2 aromatic heterocycles. The second kappa shape index (κ2) is 4.91. The summed E-state index contributed by atoms with van der Waals surface area (Å²) in [7, 11) is 0. The van der Waals surface area contributed by atoms with Crippen LogP contribution in [-0.4, -0.2) is 25.4 Å². The summed E-state index contributed by atoms with van der Waals surface area (Å²) in [6.07, 6.45) is 3.58. The molecule has 5 nitrogen and oxygen atoms in total. The number of aromatic carboxylic acids is 1. The molecule has 112 valence electrons. The standard InChI is InChI=1S/C18H13N3O2/c1-11-2-4-12(5-3-11)16-17-19-8-9-21(17)15-7-6-13(18(22)23)10-14(15)20-16/h2-10H,1H3,(H,22,23). The van der Waals surface area contributed by atoms with Gasteiger partial charge in [0.25, 0.3) is 0 Å². The van der Waals surface area contributed by atoms with Crippen LogP contribution in [-0.2, 0) is 0 Å². The van der Waals surface area contributed by atoms with Crippen molar-refractivity contribution < 1.29 is 9.90 Å². The number of fused-ring (bicyclic) bond motifs is 3. The molecular weight excluding hydrogens is 290 g/mol. The molecule has 4 rings (SSSR count). The number of imidazole rings is 1. The molecule has 0 radical (unpaired) electrons. The van der Waals surface area contributed by atoms with Crippen molar-refractivity contribution in [1.82, 2.24) is 14.4 Å². The van der Waals surface area contributed by atoms with Gasteiger partial charge in [-0.05, 0) is 25.1 Å². The van der Waals surface area contributed by atoms with Gasteiger partial charge in [-0.3, -0.25) is 4.40 Å². The molecular formula is C18H13N3O2. The molecule has 0 aliphatic heterocycles. The van der Waals surface area contributed by atoms with Crippen molar-refractivity contribution in [3.8, 4) is 11.3 Å². The molecule has 0 fully saturated rings. The number of aryl methyl sites for hydroxylation is 1. The van der Waals surface area contributed by atoms with Crippen molar-refractivity contribution in [1.29, 1.82) is 0 Å². The summed E-state index contributed by atoms with van der Waals surface area (Å²) in [5.74, 6) is -0.962. The van der Waals surface area contributed by atoms with E-state index in [1.54, 1.807) is 24.4 Å². The Balaban J connectivity index is 2.07. The maximum Gasteiger partial charge on any atom is 0.335 e. The third-order valence-electron chi connectivity index (χ3n) is 3.89. The summed E-state index contributed by atoms with van der Waals surface area (Å²) in [5.41, 5.74) is 5.30. The molecule has 0 saturated heterocycles. The third kappa shape index (κ3) is 2.14. The van der Waals surface area contributed by atoms with Crippen LogP contribution in [0, 0.1) is 6.92 Å². The van der Waals surface area contributed by atoms with Crippen LogP contribution in [0.5, 0.6) is 0 Å². The van der Waals surface area contributed by atoms with Gasteiger partial charge in [-0.1, -0.05) is 29.8 Å². The number of hydrogen-bond acceptors (Lipinski definition) is 3. The van der Waals surface area contributed by atoms with Crippen LogP contribution >= 0.6 is 0 Å². The van der Waals surface area contributed by atoms with Gasteiger partial charge in [0.15, 0.2) is 5.65 Å². The summed E-state index contributed by atoms with van der Waals surface area (Å²) in [6.45, 7) is 2.03. The number of carbonyl (C=O) groups is 1. The van der Waals surface area contributed by atoms with Crippen molar-refractivity contribution in [2.75, 3.05) is 0 Å². The fourth-order valence-electron chi connectivity index (χ4n) is 2.70. The van der Waals surface area contributed by atoms with Crippen LogP contribution in [0.4, 0.5) is 0 Å². The fraction of sp³-hybridized carbons (Fsp3) is 0.0556. The highest BCUT2D eigenvalue weighted by Gasteiger charge is 2.13. The first-order chi connectivity index (χ1) is 11.1. The lowest BCUT2D eigenvalue weighted by atomic mass is 10.1. The van der Waals surface area contributed by atoms with Gasteiger partial charge in [0, 0.05) is 18.0 Å². The summed E-state index contributed by atoms with van der Waals surface area (Å²) >= 11 is 0. The maximum absolute atomic E-state index is 11.2. The Morgan fingerprint density at radius 2 is 1.91 bits per heavy atom. The minimum atomic E-state index is -0.962. The molecule has 2 heterocycles. The Morgan fingerprint density at radius 1 is 1.13 bits per heavy atom. The zero-order valence-electron chi connectivity index (χ0n) is 12.4. The van der Waals surface area contributed by atoms with Gasteiger partial charge in [0.2, 0.25) is 0 Å². The normalized spacial score (nSPS) is 11.2. The topological polar surface area (TPSA) is 67.5 Å². The molecule has 0 amide bonds. The molecule has 1 N–H and O–H groups in total. The highest BCUT2D eigenvalue weighted by molar-refractivity contribution is 5.94. The fourth-order valence-corrected chi connectivity index (χ4v) is 2.70. The highest BCUT2D eigenvalue weighted by atomic mass is 16.4. The van der Waals surface area contributed by atoms with Crippen LogP contribution < -0.4 is 0 Å². The van der Waals surface area contributed by atoms with E-state index >= 15 is 0 Å². The van der Waals surface area contributed by atoms with Gasteiger partial charge in [0.1, 0.15) is 5.69 Å². The van der Waals surface area contributed by atoms with Crippen LogP contribution in [0.15, 0.2) is 54.9 Å². The summed E-state index contributed by atoms with van der Waals surface area (Å²) < 4.78 is 1.93. The smallest absolute Gasteiger partial charge is 0.335 e. The summed E-state index contributed by atoms with van der Waals surface area (Å²) in [6, 6.07) is 13.0. The Morgan fingerprint density at radius 3 is 2.65 bits per heavy atom. The molecule has 4 aromatic rings. The van der Waals surface area contributed by atoms with Gasteiger partial charge < -0.3 is 5.11 Å². The number of rotatable bonds is 2. The molecule has 0 atom stereocenters. The molecule has 0 saturated carbocycles. The Labute approximate surface area is 131 Å². The lowest BCUT2D eigenvalue weighted by Gasteiger charge is -2.08.